The molecule has 0 saturated heterocycles. The normalized spacial score (nSPS) is 10.4. The summed E-state index contributed by atoms with van der Waals surface area (Å²) in [5, 5.41) is 8.12. The van der Waals surface area contributed by atoms with Gasteiger partial charge in [-0.2, -0.15) is 0 Å². The van der Waals surface area contributed by atoms with Crippen LogP contribution in [-0.4, -0.2) is 16.8 Å². The zero-order valence-electron chi connectivity index (χ0n) is 9.86. The lowest BCUT2D eigenvalue weighted by molar-refractivity contribution is 0.318. The molecule has 0 N–H and O–H groups in total. The van der Waals surface area contributed by atoms with Gasteiger partial charge < -0.3 is 4.74 Å². The maximum Gasteiger partial charge on any atom is 0.159 e. The quantitative estimate of drug-likeness (QED) is 0.841. The molecular formula is C13H12Cl2N2O. The predicted octanol–water partition coefficient (Wildman–Crippen LogP) is 4.24. The molecule has 1 aromatic carbocycles. The van der Waals surface area contributed by atoms with Crippen molar-refractivity contribution < 1.29 is 4.74 Å². The number of halogens is 2. The average Bonchev–Trinajstić information content (AvgIpc) is 2.39. The van der Waals surface area contributed by atoms with Gasteiger partial charge in [-0.05, 0) is 18.6 Å². The van der Waals surface area contributed by atoms with E-state index in [2.05, 4.69) is 17.1 Å². The summed E-state index contributed by atoms with van der Waals surface area (Å²) in [4.78, 5) is 0. The van der Waals surface area contributed by atoms with E-state index in [9.17, 15) is 0 Å². The van der Waals surface area contributed by atoms with Crippen LogP contribution in [0.2, 0.25) is 10.3 Å². The van der Waals surface area contributed by atoms with E-state index in [4.69, 9.17) is 27.9 Å². The summed E-state index contributed by atoms with van der Waals surface area (Å²) >= 11 is 11.9. The molecule has 0 saturated carbocycles. The van der Waals surface area contributed by atoms with Crippen LogP contribution in [0.3, 0.4) is 0 Å². The first-order chi connectivity index (χ1) is 8.72. The summed E-state index contributed by atoms with van der Waals surface area (Å²) < 4.78 is 5.69. The fourth-order valence-electron chi connectivity index (χ4n) is 1.57. The van der Waals surface area contributed by atoms with Crippen LogP contribution in [0.5, 0.6) is 5.75 Å². The molecule has 0 atom stereocenters. The molecule has 0 unspecified atom stereocenters. The van der Waals surface area contributed by atoms with Crippen molar-refractivity contribution in [2.24, 2.45) is 0 Å². The highest BCUT2D eigenvalue weighted by Gasteiger charge is 2.11. The minimum absolute atomic E-state index is 0.305. The second kappa shape index (κ2) is 6.03. The number of hydrogen-bond donors (Lipinski definition) is 0. The maximum absolute atomic E-state index is 6.05. The summed E-state index contributed by atoms with van der Waals surface area (Å²) in [6, 6.07) is 9.34. The van der Waals surface area contributed by atoms with Crippen molar-refractivity contribution in [3.05, 3.63) is 40.6 Å². The minimum atomic E-state index is 0.305. The Hall–Kier alpha value is -1.32. The van der Waals surface area contributed by atoms with Gasteiger partial charge in [0.2, 0.25) is 0 Å². The highest BCUT2D eigenvalue weighted by molar-refractivity contribution is 6.33. The average molecular weight is 283 g/mol. The molecule has 94 valence electrons. The minimum Gasteiger partial charge on any atom is -0.493 e. The zero-order chi connectivity index (χ0) is 13.0. The molecule has 0 spiro atoms. The van der Waals surface area contributed by atoms with Crippen molar-refractivity contribution in [2.75, 3.05) is 6.61 Å². The van der Waals surface area contributed by atoms with E-state index in [1.54, 1.807) is 6.07 Å². The molecule has 1 heterocycles. The standard InChI is InChI=1S/C13H12Cl2N2O/c1-2-7-18-11-6-4-3-5-9(11)10-8-12(14)16-17-13(10)15/h3-6,8H,2,7H2,1H3. The lowest BCUT2D eigenvalue weighted by Gasteiger charge is -2.11. The van der Waals surface area contributed by atoms with Gasteiger partial charge >= 0.3 is 0 Å². The smallest absolute Gasteiger partial charge is 0.159 e. The first-order valence-electron chi connectivity index (χ1n) is 5.63. The first-order valence-corrected chi connectivity index (χ1v) is 6.39. The van der Waals surface area contributed by atoms with E-state index in [1.165, 1.54) is 0 Å². The van der Waals surface area contributed by atoms with Gasteiger partial charge in [0.05, 0.1) is 6.61 Å². The molecular weight excluding hydrogens is 271 g/mol. The lowest BCUT2D eigenvalue weighted by atomic mass is 10.1. The predicted molar refractivity (Wildman–Crippen MR) is 73.3 cm³/mol. The lowest BCUT2D eigenvalue weighted by Crippen LogP contribution is -1.97. The zero-order valence-corrected chi connectivity index (χ0v) is 11.4. The van der Waals surface area contributed by atoms with E-state index in [1.807, 2.05) is 24.3 Å². The Bertz CT molecular complexity index is 546. The van der Waals surface area contributed by atoms with Crippen LogP contribution in [0.15, 0.2) is 30.3 Å². The van der Waals surface area contributed by atoms with Gasteiger partial charge in [0, 0.05) is 11.1 Å². The van der Waals surface area contributed by atoms with Crippen LogP contribution in [-0.2, 0) is 0 Å². The molecule has 0 aliphatic rings. The molecule has 3 nitrogen and oxygen atoms in total. The molecule has 0 amide bonds. The van der Waals surface area contributed by atoms with Crippen LogP contribution >= 0.6 is 23.2 Å². The van der Waals surface area contributed by atoms with Crippen LogP contribution in [0, 0.1) is 0 Å². The Labute approximate surface area is 116 Å². The van der Waals surface area contributed by atoms with E-state index in [0.717, 1.165) is 23.3 Å². The van der Waals surface area contributed by atoms with Gasteiger partial charge in [-0.1, -0.05) is 48.3 Å². The molecule has 0 aliphatic carbocycles. The molecule has 0 radical (unpaired) electrons. The van der Waals surface area contributed by atoms with Crippen molar-refractivity contribution in [3.8, 4) is 16.9 Å². The molecule has 0 aliphatic heterocycles. The number of aromatic nitrogens is 2. The number of nitrogens with zero attached hydrogens (tertiary/aromatic N) is 2. The van der Waals surface area contributed by atoms with E-state index in [-0.39, 0.29) is 0 Å². The molecule has 2 rings (SSSR count). The summed E-state index contributed by atoms with van der Waals surface area (Å²) in [7, 11) is 0. The molecule has 1 aromatic heterocycles. The highest BCUT2D eigenvalue weighted by atomic mass is 35.5. The summed E-state index contributed by atoms with van der Waals surface area (Å²) in [5.74, 6) is 0.769. The number of rotatable bonds is 4. The van der Waals surface area contributed by atoms with Crippen molar-refractivity contribution in [2.45, 2.75) is 13.3 Å². The Morgan fingerprint density at radius 3 is 2.67 bits per heavy atom. The second-order valence-electron chi connectivity index (χ2n) is 3.72. The third kappa shape index (κ3) is 2.92. The summed E-state index contributed by atoms with van der Waals surface area (Å²) in [5.41, 5.74) is 1.59. The molecule has 5 heteroatoms. The maximum atomic E-state index is 6.05. The van der Waals surface area contributed by atoms with Gasteiger partial charge in [0.15, 0.2) is 10.3 Å². The fraction of sp³-hybridized carbons (Fsp3) is 0.231. The Morgan fingerprint density at radius 1 is 1.11 bits per heavy atom. The number of ether oxygens (including phenoxy) is 1. The van der Waals surface area contributed by atoms with Crippen molar-refractivity contribution in [1.29, 1.82) is 0 Å². The van der Waals surface area contributed by atoms with Crippen LogP contribution in [0.4, 0.5) is 0 Å². The van der Waals surface area contributed by atoms with Crippen molar-refractivity contribution in [3.63, 3.8) is 0 Å². The SMILES string of the molecule is CCCOc1ccccc1-c1cc(Cl)nnc1Cl. The van der Waals surface area contributed by atoms with Gasteiger partial charge in [-0.25, -0.2) is 0 Å². The first kappa shape index (κ1) is 13.1. The third-order valence-electron chi connectivity index (χ3n) is 2.36. The number of benzene rings is 1. The number of hydrogen-bond acceptors (Lipinski definition) is 3. The van der Waals surface area contributed by atoms with Crippen LogP contribution in [0.1, 0.15) is 13.3 Å². The summed E-state index contributed by atoms with van der Waals surface area (Å²) in [6.45, 7) is 2.71. The van der Waals surface area contributed by atoms with Gasteiger partial charge in [-0.3, -0.25) is 0 Å². The van der Waals surface area contributed by atoms with Gasteiger partial charge in [-0.15, -0.1) is 10.2 Å². The second-order valence-corrected chi connectivity index (χ2v) is 4.46. The van der Waals surface area contributed by atoms with E-state index < -0.39 is 0 Å². The molecule has 0 fully saturated rings. The Kier molecular flexibility index (Phi) is 4.39. The van der Waals surface area contributed by atoms with Crippen LogP contribution < -0.4 is 4.74 Å². The van der Waals surface area contributed by atoms with Gasteiger partial charge in [0.1, 0.15) is 5.75 Å². The van der Waals surface area contributed by atoms with E-state index in [0.29, 0.717) is 16.9 Å². The van der Waals surface area contributed by atoms with Crippen molar-refractivity contribution >= 4 is 23.2 Å². The molecule has 18 heavy (non-hydrogen) atoms. The van der Waals surface area contributed by atoms with Gasteiger partial charge in [0.25, 0.3) is 0 Å². The Balaban J connectivity index is 2.46. The van der Waals surface area contributed by atoms with E-state index >= 15 is 0 Å². The monoisotopic (exact) mass is 282 g/mol. The largest absolute Gasteiger partial charge is 0.493 e. The third-order valence-corrected chi connectivity index (χ3v) is 2.82. The van der Waals surface area contributed by atoms with Crippen molar-refractivity contribution in [1.82, 2.24) is 10.2 Å². The number of para-hydroxylation sites is 1. The molecule has 2 aromatic rings. The fourth-order valence-corrected chi connectivity index (χ4v) is 1.91. The Morgan fingerprint density at radius 2 is 1.89 bits per heavy atom. The highest BCUT2D eigenvalue weighted by Crippen LogP contribution is 2.34. The summed E-state index contributed by atoms with van der Waals surface area (Å²) in [6.07, 6.45) is 0.942. The molecule has 0 bridgehead atoms. The van der Waals surface area contributed by atoms with Crippen LogP contribution in [0.25, 0.3) is 11.1 Å². The topological polar surface area (TPSA) is 35.0 Å².